The SMILES string of the molecule is C1CCCCC1.O=C(OOCO)c1ccccc1.O=C(OOCO)c1ccccc1. The van der Waals surface area contributed by atoms with Crippen LogP contribution in [0.2, 0.25) is 0 Å². The fourth-order valence-corrected chi connectivity index (χ4v) is 2.47. The molecular weight excluding hydrogens is 392 g/mol. The molecule has 0 bridgehead atoms. The van der Waals surface area contributed by atoms with Gasteiger partial charge in [-0.25, -0.2) is 9.59 Å². The quantitative estimate of drug-likeness (QED) is 0.412. The van der Waals surface area contributed by atoms with Crippen LogP contribution in [0.4, 0.5) is 0 Å². The van der Waals surface area contributed by atoms with Crippen LogP contribution in [0.3, 0.4) is 0 Å². The van der Waals surface area contributed by atoms with Crippen molar-refractivity contribution in [3.05, 3.63) is 71.8 Å². The van der Waals surface area contributed by atoms with E-state index in [1.807, 2.05) is 0 Å². The van der Waals surface area contributed by atoms with Crippen LogP contribution in [0.25, 0.3) is 0 Å². The molecule has 1 fully saturated rings. The average molecular weight is 420 g/mol. The zero-order valence-corrected chi connectivity index (χ0v) is 16.8. The van der Waals surface area contributed by atoms with Crippen molar-refractivity contribution in [1.29, 1.82) is 0 Å². The van der Waals surface area contributed by atoms with E-state index in [0.29, 0.717) is 11.1 Å². The molecule has 0 aliphatic heterocycles. The summed E-state index contributed by atoms with van der Waals surface area (Å²) in [6.45, 7) is -1.28. The third kappa shape index (κ3) is 11.9. The number of hydrogen-bond donors (Lipinski definition) is 2. The van der Waals surface area contributed by atoms with Crippen molar-refractivity contribution in [3.8, 4) is 0 Å². The summed E-state index contributed by atoms with van der Waals surface area (Å²) >= 11 is 0. The Morgan fingerprint density at radius 3 is 1.17 bits per heavy atom. The van der Waals surface area contributed by atoms with Gasteiger partial charge in [0.05, 0.1) is 11.1 Å². The van der Waals surface area contributed by atoms with E-state index in [2.05, 4.69) is 19.6 Å². The Morgan fingerprint density at radius 1 is 0.600 bits per heavy atom. The van der Waals surface area contributed by atoms with E-state index in [0.717, 1.165) is 0 Å². The molecule has 1 saturated carbocycles. The molecule has 8 nitrogen and oxygen atoms in total. The summed E-state index contributed by atoms with van der Waals surface area (Å²) in [5, 5.41) is 16.3. The molecule has 0 unspecified atom stereocenters. The van der Waals surface area contributed by atoms with E-state index in [-0.39, 0.29) is 0 Å². The van der Waals surface area contributed by atoms with Crippen molar-refractivity contribution in [1.82, 2.24) is 0 Å². The Morgan fingerprint density at radius 2 is 0.900 bits per heavy atom. The van der Waals surface area contributed by atoms with Gasteiger partial charge in [-0.3, -0.25) is 9.78 Å². The van der Waals surface area contributed by atoms with Crippen LogP contribution in [0.1, 0.15) is 59.2 Å². The second-order valence-corrected chi connectivity index (χ2v) is 6.09. The molecule has 0 amide bonds. The van der Waals surface area contributed by atoms with Gasteiger partial charge in [-0.2, -0.15) is 9.78 Å². The molecule has 8 heteroatoms. The molecule has 0 spiro atoms. The summed E-state index contributed by atoms with van der Waals surface area (Å²) in [6, 6.07) is 16.7. The summed E-state index contributed by atoms with van der Waals surface area (Å²) in [6.07, 6.45) is 9.00. The molecular formula is C22H28O8. The highest BCUT2D eigenvalue weighted by Gasteiger charge is 2.06. The van der Waals surface area contributed by atoms with Crippen molar-refractivity contribution in [2.24, 2.45) is 0 Å². The van der Waals surface area contributed by atoms with E-state index in [1.165, 1.54) is 38.5 Å². The number of rotatable bonds is 6. The van der Waals surface area contributed by atoms with Crippen molar-refractivity contribution >= 4 is 11.9 Å². The van der Waals surface area contributed by atoms with Crippen LogP contribution in [0, 0.1) is 0 Å². The van der Waals surface area contributed by atoms with Crippen molar-refractivity contribution in [3.63, 3.8) is 0 Å². The average Bonchev–Trinajstić information content (AvgIpc) is 2.84. The maximum absolute atomic E-state index is 10.9. The van der Waals surface area contributed by atoms with E-state index in [9.17, 15) is 9.59 Å². The van der Waals surface area contributed by atoms with Crippen LogP contribution >= 0.6 is 0 Å². The lowest BCUT2D eigenvalue weighted by molar-refractivity contribution is -0.280. The lowest BCUT2D eigenvalue weighted by atomic mass is 10.0. The van der Waals surface area contributed by atoms with Gasteiger partial charge in [-0.1, -0.05) is 74.9 Å². The molecule has 164 valence electrons. The van der Waals surface area contributed by atoms with Gasteiger partial charge in [0.1, 0.15) is 0 Å². The number of benzene rings is 2. The number of carbonyl (C=O) groups is 2. The molecule has 0 aromatic heterocycles. The van der Waals surface area contributed by atoms with Crippen LogP contribution in [0.5, 0.6) is 0 Å². The predicted octanol–water partition coefficient (Wildman–Crippen LogP) is 3.79. The highest BCUT2D eigenvalue weighted by atomic mass is 17.2. The molecule has 2 N–H and O–H groups in total. The fourth-order valence-electron chi connectivity index (χ4n) is 2.47. The van der Waals surface area contributed by atoms with Gasteiger partial charge < -0.3 is 10.2 Å². The van der Waals surface area contributed by atoms with Crippen LogP contribution in [-0.4, -0.2) is 35.7 Å². The van der Waals surface area contributed by atoms with Gasteiger partial charge in [-0.05, 0) is 24.3 Å². The second kappa shape index (κ2) is 17.1. The monoisotopic (exact) mass is 420 g/mol. The third-order valence-electron chi connectivity index (χ3n) is 3.89. The van der Waals surface area contributed by atoms with Crippen LogP contribution in [-0.2, 0) is 19.6 Å². The molecule has 0 saturated heterocycles. The van der Waals surface area contributed by atoms with Gasteiger partial charge >= 0.3 is 11.9 Å². The highest BCUT2D eigenvalue weighted by molar-refractivity contribution is 5.89. The van der Waals surface area contributed by atoms with Gasteiger partial charge in [0, 0.05) is 0 Å². The fraction of sp³-hybridized carbons (Fsp3) is 0.364. The Bertz CT molecular complexity index is 620. The minimum Gasteiger partial charge on any atom is -0.367 e. The first-order valence-electron chi connectivity index (χ1n) is 9.68. The standard InChI is InChI=1S/2C8H8O4.C6H12/c2*9-6-11-12-8(10)7-4-2-1-3-5-7;1-2-4-6-5-3-1/h2*1-5,9H,6H2;1-6H2. The first-order chi connectivity index (χ1) is 14.7. The van der Waals surface area contributed by atoms with E-state index >= 15 is 0 Å². The summed E-state index contributed by atoms with van der Waals surface area (Å²) in [4.78, 5) is 38.4. The number of aliphatic hydroxyl groups excluding tert-OH is 2. The molecule has 0 heterocycles. The van der Waals surface area contributed by atoms with Crippen molar-refractivity contribution < 1.29 is 39.4 Å². The first-order valence-corrected chi connectivity index (χ1v) is 9.68. The van der Waals surface area contributed by atoms with Crippen molar-refractivity contribution in [2.75, 3.05) is 13.6 Å². The van der Waals surface area contributed by atoms with E-state index < -0.39 is 25.5 Å². The summed E-state index contributed by atoms with van der Waals surface area (Å²) < 4.78 is 0. The zero-order valence-electron chi connectivity index (χ0n) is 16.8. The predicted molar refractivity (Wildman–Crippen MR) is 108 cm³/mol. The number of aliphatic hydroxyl groups is 2. The topological polar surface area (TPSA) is 112 Å². The Hall–Kier alpha value is -2.78. The molecule has 30 heavy (non-hydrogen) atoms. The molecule has 2 aromatic rings. The Labute approximate surface area is 175 Å². The highest BCUT2D eigenvalue weighted by Crippen LogP contribution is 2.15. The maximum Gasteiger partial charge on any atom is 0.373 e. The molecule has 0 radical (unpaired) electrons. The molecule has 3 rings (SSSR count). The molecule has 0 atom stereocenters. The van der Waals surface area contributed by atoms with Gasteiger partial charge in [0.2, 0.25) is 0 Å². The normalized spacial score (nSPS) is 12.3. The van der Waals surface area contributed by atoms with Crippen LogP contribution < -0.4 is 0 Å². The largest absolute Gasteiger partial charge is 0.373 e. The smallest absolute Gasteiger partial charge is 0.367 e. The maximum atomic E-state index is 10.9. The first kappa shape index (κ1) is 25.3. The van der Waals surface area contributed by atoms with Gasteiger partial charge in [0.25, 0.3) is 0 Å². The Kier molecular flexibility index (Phi) is 14.4. The lowest BCUT2D eigenvalue weighted by Gasteiger charge is -2.05. The van der Waals surface area contributed by atoms with Crippen LogP contribution in [0.15, 0.2) is 60.7 Å². The summed E-state index contributed by atoms with van der Waals surface area (Å²) in [5.41, 5.74) is 0.761. The van der Waals surface area contributed by atoms with Crippen molar-refractivity contribution in [2.45, 2.75) is 38.5 Å². The molecule has 2 aromatic carbocycles. The zero-order chi connectivity index (χ0) is 21.9. The van der Waals surface area contributed by atoms with E-state index in [1.54, 1.807) is 60.7 Å². The number of carbonyl (C=O) groups excluding carboxylic acids is 2. The summed E-state index contributed by atoms with van der Waals surface area (Å²) in [7, 11) is 0. The molecule has 1 aliphatic carbocycles. The Balaban J connectivity index is 0.000000237. The third-order valence-corrected chi connectivity index (χ3v) is 3.89. The minimum absolute atomic E-state index is 0.381. The second-order valence-electron chi connectivity index (χ2n) is 6.09. The van der Waals surface area contributed by atoms with E-state index in [4.69, 9.17) is 10.2 Å². The van der Waals surface area contributed by atoms with Gasteiger partial charge in [0.15, 0.2) is 13.6 Å². The summed E-state index contributed by atoms with van der Waals surface area (Å²) in [5.74, 6) is -1.24. The molecule has 1 aliphatic rings. The minimum atomic E-state index is -0.640. The lowest BCUT2D eigenvalue weighted by Crippen LogP contribution is -2.06. The van der Waals surface area contributed by atoms with Gasteiger partial charge in [-0.15, -0.1) is 0 Å². The number of hydrogen-bond acceptors (Lipinski definition) is 8.